The first-order valence-electron chi connectivity index (χ1n) is 12.2. The summed E-state index contributed by atoms with van der Waals surface area (Å²) >= 11 is 0. The fourth-order valence-corrected chi connectivity index (χ4v) is 4.51. The molecular weight excluding hydrogens is 506 g/mol. The minimum Gasteiger partial charge on any atom is -0.490 e. The van der Waals surface area contributed by atoms with E-state index in [1.807, 2.05) is 30.7 Å². The van der Waals surface area contributed by atoms with Gasteiger partial charge in [0, 0.05) is 51.2 Å². The van der Waals surface area contributed by atoms with Crippen molar-refractivity contribution in [1.29, 1.82) is 5.26 Å². The topological polar surface area (TPSA) is 95.3 Å². The summed E-state index contributed by atoms with van der Waals surface area (Å²) in [4.78, 5) is 4.51. The van der Waals surface area contributed by atoms with Crippen LogP contribution in [0.1, 0.15) is 19.4 Å². The third kappa shape index (κ3) is 5.96. The highest BCUT2D eigenvalue weighted by Crippen LogP contribution is 2.40. The third-order valence-electron chi connectivity index (χ3n) is 5.70. The zero-order valence-electron chi connectivity index (χ0n) is 21.7. The van der Waals surface area contributed by atoms with Crippen LogP contribution in [0.15, 0.2) is 48.8 Å². The Balaban J connectivity index is 1.84. The largest absolute Gasteiger partial charge is 0.490 e. The van der Waals surface area contributed by atoms with Gasteiger partial charge >= 0.3 is 0 Å². The van der Waals surface area contributed by atoms with Crippen molar-refractivity contribution >= 4 is 25.5 Å². The molecule has 0 atom stereocenters. The monoisotopic (exact) mass is 535 g/mol. The molecule has 197 valence electrons. The Kier molecular flexibility index (Phi) is 8.29. The summed E-state index contributed by atoms with van der Waals surface area (Å²) in [6.45, 7) is 9.04. The van der Waals surface area contributed by atoms with Gasteiger partial charge in [-0.1, -0.05) is 19.2 Å². The summed E-state index contributed by atoms with van der Waals surface area (Å²) in [5.41, 5.74) is 7.72. The summed E-state index contributed by atoms with van der Waals surface area (Å²) in [7, 11) is -0.432. The van der Waals surface area contributed by atoms with Crippen molar-refractivity contribution in [2.75, 3.05) is 12.3 Å². The number of nitrogens with zero attached hydrogens (tertiary/aromatic N) is 3. The van der Waals surface area contributed by atoms with E-state index in [2.05, 4.69) is 24.1 Å². The first-order chi connectivity index (χ1) is 18.2. The van der Waals surface area contributed by atoms with Gasteiger partial charge in [-0.25, -0.2) is 13.8 Å². The van der Waals surface area contributed by atoms with E-state index >= 15 is 0 Å². The van der Waals surface area contributed by atoms with Gasteiger partial charge in [0.25, 0.3) is 0 Å². The standard InChI is InChI=1S/C28H29F2N4O3Si/c1-17(2)36-24-6-5-18(11-19(24)14-31)21-15-34(16-35-9-10-38(3)4)28-26(21)25(7-8-33-28)37-27-22(29)12-20(32)13-23(27)30/h5-8,11-13,15,17H,9-10,16,32H2,1-4H3. The van der Waals surface area contributed by atoms with E-state index < -0.39 is 26.2 Å². The molecule has 38 heavy (non-hydrogen) atoms. The predicted molar refractivity (Wildman–Crippen MR) is 145 cm³/mol. The van der Waals surface area contributed by atoms with Gasteiger partial charge < -0.3 is 24.5 Å². The van der Waals surface area contributed by atoms with Crippen LogP contribution >= 0.6 is 0 Å². The minimum atomic E-state index is -0.921. The molecule has 10 heteroatoms. The maximum Gasteiger partial charge on any atom is 0.198 e. The number of nitriles is 1. The first kappa shape index (κ1) is 27.1. The van der Waals surface area contributed by atoms with E-state index in [4.69, 9.17) is 19.9 Å². The molecule has 0 saturated heterocycles. The molecule has 0 aliphatic carbocycles. The lowest BCUT2D eigenvalue weighted by atomic mass is 10.0. The molecule has 2 heterocycles. The van der Waals surface area contributed by atoms with Crippen molar-refractivity contribution in [3.8, 4) is 34.4 Å². The number of nitrogen functional groups attached to an aromatic ring is 1. The van der Waals surface area contributed by atoms with E-state index in [-0.39, 0.29) is 24.3 Å². The average Bonchev–Trinajstić information content (AvgIpc) is 3.23. The Morgan fingerprint density at radius 1 is 1.11 bits per heavy atom. The molecule has 2 aromatic heterocycles. The number of anilines is 1. The number of fused-ring (bicyclic) bond motifs is 1. The number of halogens is 2. The SMILES string of the molecule is CC(C)Oc1ccc(-c2cn(COCC[Si](C)C)c3nccc(Oc4c(F)cc(N)cc4F)c23)cc1C#N. The van der Waals surface area contributed by atoms with Gasteiger partial charge in [0.05, 0.1) is 17.1 Å². The summed E-state index contributed by atoms with van der Waals surface area (Å²) in [6, 6.07) is 12.0. The van der Waals surface area contributed by atoms with Crippen molar-refractivity contribution in [3.63, 3.8) is 0 Å². The van der Waals surface area contributed by atoms with Crippen LogP contribution < -0.4 is 15.2 Å². The molecule has 2 aromatic carbocycles. The number of benzene rings is 2. The molecule has 0 spiro atoms. The smallest absolute Gasteiger partial charge is 0.198 e. The van der Waals surface area contributed by atoms with Gasteiger partial charge in [0.1, 0.15) is 29.9 Å². The van der Waals surface area contributed by atoms with Crippen LogP contribution in [0, 0.1) is 23.0 Å². The lowest BCUT2D eigenvalue weighted by Crippen LogP contribution is -2.08. The first-order valence-corrected chi connectivity index (χ1v) is 14.9. The highest BCUT2D eigenvalue weighted by atomic mass is 28.3. The zero-order chi connectivity index (χ0) is 27.4. The second kappa shape index (κ2) is 11.6. The van der Waals surface area contributed by atoms with E-state index in [0.29, 0.717) is 40.1 Å². The molecule has 1 radical (unpaired) electrons. The summed E-state index contributed by atoms with van der Waals surface area (Å²) < 4.78 is 48.5. The van der Waals surface area contributed by atoms with Gasteiger partial charge in [-0.3, -0.25) is 0 Å². The second-order valence-corrected chi connectivity index (χ2v) is 12.3. The molecule has 0 bridgehead atoms. The Bertz CT molecular complexity index is 1470. The molecule has 2 N–H and O–H groups in total. The maximum absolute atomic E-state index is 14.6. The second-order valence-electron chi connectivity index (χ2n) is 9.42. The van der Waals surface area contributed by atoms with E-state index in [9.17, 15) is 14.0 Å². The van der Waals surface area contributed by atoms with Crippen LogP contribution in [0.2, 0.25) is 19.1 Å². The highest BCUT2D eigenvalue weighted by molar-refractivity contribution is 6.55. The van der Waals surface area contributed by atoms with Crippen LogP contribution in [0.5, 0.6) is 17.2 Å². The number of pyridine rings is 1. The van der Waals surface area contributed by atoms with Crippen molar-refractivity contribution < 1.29 is 23.0 Å². The fourth-order valence-electron chi connectivity index (χ4n) is 3.96. The lowest BCUT2D eigenvalue weighted by Gasteiger charge is -2.13. The van der Waals surface area contributed by atoms with Gasteiger partial charge in [-0.2, -0.15) is 5.26 Å². The van der Waals surface area contributed by atoms with Crippen LogP contribution in [0.4, 0.5) is 14.5 Å². The quantitative estimate of drug-likeness (QED) is 0.137. The van der Waals surface area contributed by atoms with Gasteiger partial charge in [-0.05, 0) is 43.7 Å². The normalized spacial score (nSPS) is 11.3. The molecule has 0 aliphatic rings. The molecule has 4 aromatic rings. The summed E-state index contributed by atoms with van der Waals surface area (Å²) in [5.74, 6) is -1.75. The fraction of sp³-hybridized carbons (Fsp3) is 0.286. The Morgan fingerprint density at radius 3 is 2.50 bits per heavy atom. The lowest BCUT2D eigenvalue weighted by molar-refractivity contribution is 0.0903. The van der Waals surface area contributed by atoms with Crippen molar-refractivity contribution in [2.45, 2.75) is 45.8 Å². The number of hydrogen-bond donors (Lipinski definition) is 1. The Morgan fingerprint density at radius 2 is 1.84 bits per heavy atom. The van der Waals surface area contributed by atoms with Crippen LogP contribution in [-0.2, 0) is 11.5 Å². The van der Waals surface area contributed by atoms with Gasteiger partial charge in [-0.15, -0.1) is 0 Å². The zero-order valence-corrected chi connectivity index (χ0v) is 22.7. The van der Waals surface area contributed by atoms with Crippen molar-refractivity contribution in [3.05, 3.63) is 66.0 Å². The van der Waals surface area contributed by atoms with Crippen LogP contribution in [0.25, 0.3) is 22.2 Å². The Labute approximate surface area is 222 Å². The van der Waals surface area contributed by atoms with E-state index in [1.54, 1.807) is 12.1 Å². The van der Waals surface area contributed by atoms with Crippen LogP contribution in [0.3, 0.4) is 0 Å². The summed E-state index contributed by atoms with van der Waals surface area (Å²) in [6.07, 6.45) is 3.24. The molecule has 7 nitrogen and oxygen atoms in total. The van der Waals surface area contributed by atoms with Gasteiger partial charge in [0.15, 0.2) is 17.4 Å². The number of aromatic nitrogens is 2. The van der Waals surface area contributed by atoms with Crippen LogP contribution in [-0.4, -0.2) is 31.1 Å². The average molecular weight is 536 g/mol. The number of hydrogen-bond acceptors (Lipinski definition) is 6. The molecule has 4 rings (SSSR count). The van der Waals surface area contributed by atoms with E-state index in [0.717, 1.165) is 18.2 Å². The molecule has 0 fully saturated rings. The van der Waals surface area contributed by atoms with Gasteiger partial charge in [0.2, 0.25) is 0 Å². The molecular formula is C28H29F2N4O3Si. The molecule has 0 amide bonds. The minimum absolute atomic E-state index is 0.0485. The maximum atomic E-state index is 14.6. The molecule has 0 unspecified atom stereocenters. The van der Waals surface area contributed by atoms with Crippen molar-refractivity contribution in [2.24, 2.45) is 0 Å². The predicted octanol–water partition coefficient (Wildman–Crippen LogP) is 6.74. The molecule has 0 aliphatic heterocycles. The van der Waals surface area contributed by atoms with E-state index in [1.165, 1.54) is 12.3 Å². The Hall–Kier alpha value is -3.94. The van der Waals surface area contributed by atoms with Crippen molar-refractivity contribution in [1.82, 2.24) is 9.55 Å². The number of ether oxygens (including phenoxy) is 3. The molecule has 0 saturated carbocycles. The third-order valence-corrected chi connectivity index (χ3v) is 6.91. The highest BCUT2D eigenvalue weighted by Gasteiger charge is 2.21. The summed E-state index contributed by atoms with van der Waals surface area (Å²) in [5, 5.41) is 10.3. The number of nitrogens with two attached hydrogens (primary N) is 1. The number of rotatable bonds is 10.